The van der Waals surface area contributed by atoms with Gasteiger partial charge in [-0.2, -0.15) is 0 Å². The SMILES string of the molecule is CCC(C)N1C(=O)c2ccc(C(=O)OCC(=O)Nc3sc4c(c3C(=O)OC)CCC(C)C4)cc2C1=O. The van der Waals surface area contributed by atoms with Crippen molar-refractivity contribution in [3.8, 4) is 0 Å². The summed E-state index contributed by atoms with van der Waals surface area (Å²) < 4.78 is 10.1. The van der Waals surface area contributed by atoms with Gasteiger partial charge in [-0.25, -0.2) is 9.59 Å². The highest BCUT2D eigenvalue weighted by molar-refractivity contribution is 7.17. The van der Waals surface area contributed by atoms with Crippen LogP contribution in [0.3, 0.4) is 0 Å². The lowest BCUT2D eigenvalue weighted by Gasteiger charge is -2.20. The van der Waals surface area contributed by atoms with E-state index < -0.39 is 36.3 Å². The molecule has 0 spiro atoms. The number of benzene rings is 1. The van der Waals surface area contributed by atoms with Crippen molar-refractivity contribution in [3.05, 3.63) is 50.9 Å². The second kappa shape index (κ2) is 10.2. The molecule has 1 aliphatic carbocycles. The molecule has 2 aromatic rings. The number of amides is 3. The van der Waals surface area contributed by atoms with Gasteiger partial charge in [-0.1, -0.05) is 13.8 Å². The minimum Gasteiger partial charge on any atom is -0.465 e. The molecule has 10 heteroatoms. The Bertz CT molecular complexity index is 1270. The summed E-state index contributed by atoms with van der Waals surface area (Å²) in [5.74, 6) is -2.28. The zero-order chi connectivity index (χ0) is 26.1. The van der Waals surface area contributed by atoms with Crippen LogP contribution in [0.2, 0.25) is 0 Å². The van der Waals surface area contributed by atoms with Gasteiger partial charge in [0.1, 0.15) is 5.00 Å². The summed E-state index contributed by atoms with van der Waals surface area (Å²) in [6.45, 7) is 5.22. The predicted molar refractivity (Wildman–Crippen MR) is 132 cm³/mol. The average molecular weight is 513 g/mol. The highest BCUT2D eigenvalue weighted by atomic mass is 32.1. The van der Waals surface area contributed by atoms with Crippen molar-refractivity contribution < 1.29 is 33.4 Å². The zero-order valence-corrected chi connectivity index (χ0v) is 21.5. The van der Waals surface area contributed by atoms with Gasteiger partial charge in [0.15, 0.2) is 6.61 Å². The van der Waals surface area contributed by atoms with Crippen LogP contribution in [0.25, 0.3) is 0 Å². The molecule has 1 aliphatic heterocycles. The molecule has 2 aliphatic rings. The molecule has 4 rings (SSSR count). The first-order valence-electron chi connectivity index (χ1n) is 11.9. The number of anilines is 1. The molecule has 9 nitrogen and oxygen atoms in total. The molecule has 0 bridgehead atoms. The first kappa shape index (κ1) is 25.6. The Morgan fingerprint density at radius 3 is 2.58 bits per heavy atom. The fourth-order valence-corrected chi connectivity index (χ4v) is 5.92. The predicted octanol–water partition coefficient (Wildman–Crippen LogP) is 3.85. The maximum absolute atomic E-state index is 12.7. The van der Waals surface area contributed by atoms with Gasteiger partial charge in [0.05, 0.1) is 29.4 Å². The average Bonchev–Trinajstić information content (AvgIpc) is 3.34. The number of rotatable bonds is 7. The Labute approximate surface area is 212 Å². The van der Waals surface area contributed by atoms with Crippen LogP contribution in [0.5, 0.6) is 0 Å². The number of hydrogen-bond acceptors (Lipinski definition) is 8. The number of nitrogens with zero attached hydrogens (tertiary/aromatic N) is 1. The third kappa shape index (κ3) is 4.65. The van der Waals surface area contributed by atoms with E-state index in [4.69, 9.17) is 9.47 Å². The summed E-state index contributed by atoms with van der Waals surface area (Å²) >= 11 is 1.34. The molecule has 3 amide bonds. The van der Waals surface area contributed by atoms with Gasteiger partial charge >= 0.3 is 11.9 Å². The van der Waals surface area contributed by atoms with E-state index >= 15 is 0 Å². The standard InChI is InChI=1S/C26H28N2O7S/c1-5-14(3)28-23(30)16-9-7-15(11-18(16)24(28)31)25(32)35-12-20(29)27-22-21(26(33)34-4)17-8-6-13(2)10-19(17)36-22/h7,9,11,13-14H,5-6,8,10,12H2,1-4H3,(H,27,29). The molecule has 1 aromatic carbocycles. The second-order valence-electron chi connectivity index (χ2n) is 9.17. The van der Waals surface area contributed by atoms with Crippen molar-refractivity contribution >= 4 is 46.0 Å². The van der Waals surface area contributed by atoms with Crippen molar-refractivity contribution in [3.63, 3.8) is 0 Å². The molecule has 190 valence electrons. The zero-order valence-electron chi connectivity index (χ0n) is 20.6. The van der Waals surface area contributed by atoms with Gasteiger partial charge in [-0.15, -0.1) is 11.3 Å². The highest BCUT2D eigenvalue weighted by Crippen LogP contribution is 2.40. The number of imide groups is 1. The molecular formula is C26H28N2O7S. The van der Waals surface area contributed by atoms with E-state index in [1.54, 1.807) is 6.92 Å². The van der Waals surface area contributed by atoms with Gasteiger partial charge in [0.2, 0.25) is 0 Å². The molecule has 0 saturated heterocycles. The van der Waals surface area contributed by atoms with Gasteiger partial charge in [0.25, 0.3) is 17.7 Å². The number of nitrogens with one attached hydrogen (secondary N) is 1. The van der Waals surface area contributed by atoms with Crippen molar-refractivity contribution in [2.75, 3.05) is 19.0 Å². The normalized spacial score (nSPS) is 17.3. The Kier molecular flexibility index (Phi) is 7.26. The third-order valence-corrected chi connectivity index (χ3v) is 7.84. The molecule has 2 heterocycles. The van der Waals surface area contributed by atoms with Crippen LogP contribution in [-0.4, -0.2) is 54.3 Å². The quantitative estimate of drug-likeness (QED) is 0.442. The van der Waals surface area contributed by atoms with Gasteiger partial charge in [-0.3, -0.25) is 19.3 Å². The lowest BCUT2D eigenvalue weighted by atomic mass is 9.88. The number of ether oxygens (including phenoxy) is 2. The molecule has 1 N–H and O–H groups in total. The van der Waals surface area contributed by atoms with Crippen molar-refractivity contribution in [1.29, 1.82) is 0 Å². The van der Waals surface area contributed by atoms with E-state index in [2.05, 4.69) is 12.2 Å². The van der Waals surface area contributed by atoms with E-state index in [9.17, 15) is 24.0 Å². The lowest BCUT2D eigenvalue weighted by molar-refractivity contribution is -0.119. The first-order chi connectivity index (χ1) is 17.2. The fourth-order valence-electron chi connectivity index (χ4n) is 4.50. The van der Waals surface area contributed by atoms with Crippen LogP contribution >= 0.6 is 11.3 Å². The number of hydrogen-bond donors (Lipinski definition) is 1. The minimum atomic E-state index is -0.803. The fraction of sp³-hybridized carbons (Fsp3) is 0.423. The summed E-state index contributed by atoms with van der Waals surface area (Å²) in [6.07, 6.45) is 3.11. The number of methoxy groups -OCH3 is 1. The number of esters is 2. The van der Waals surface area contributed by atoms with Crippen molar-refractivity contribution in [2.45, 2.75) is 52.5 Å². The number of fused-ring (bicyclic) bond motifs is 2. The number of thiophene rings is 1. The van der Waals surface area contributed by atoms with E-state index in [-0.39, 0.29) is 22.7 Å². The molecule has 0 radical (unpaired) electrons. The van der Waals surface area contributed by atoms with Crippen LogP contribution < -0.4 is 5.32 Å². The van der Waals surface area contributed by atoms with Crippen LogP contribution in [-0.2, 0) is 27.1 Å². The summed E-state index contributed by atoms with van der Waals surface area (Å²) in [7, 11) is 1.29. The van der Waals surface area contributed by atoms with E-state index in [1.807, 2.05) is 6.92 Å². The van der Waals surface area contributed by atoms with Crippen molar-refractivity contribution in [2.24, 2.45) is 5.92 Å². The molecule has 36 heavy (non-hydrogen) atoms. The molecule has 0 fully saturated rings. The number of carbonyl (C=O) groups is 5. The van der Waals surface area contributed by atoms with Gasteiger partial charge in [0, 0.05) is 10.9 Å². The minimum absolute atomic E-state index is 0.0597. The highest BCUT2D eigenvalue weighted by Gasteiger charge is 2.38. The van der Waals surface area contributed by atoms with Crippen LogP contribution in [0.1, 0.15) is 85.5 Å². The number of carbonyl (C=O) groups excluding carboxylic acids is 5. The first-order valence-corrected chi connectivity index (χ1v) is 12.7. The van der Waals surface area contributed by atoms with Crippen LogP contribution in [0.15, 0.2) is 18.2 Å². The van der Waals surface area contributed by atoms with E-state index in [0.29, 0.717) is 22.9 Å². The molecule has 1 aromatic heterocycles. The molecule has 0 saturated carbocycles. The Morgan fingerprint density at radius 1 is 1.17 bits per heavy atom. The Balaban J connectivity index is 1.44. The van der Waals surface area contributed by atoms with Crippen molar-refractivity contribution in [1.82, 2.24) is 4.90 Å². The molecule has 2 atom stereocenters. The smallest absolute Gasteiger partial charge is 0.341 e. The molecular weight excluding hydrogens is 484 g/mol. The van der Waals surface area contributed by atoms with Crippen LogP contribution in [0.4, 0.5) is 5.00 Å². The van der Waals surface area contributed by atoms with E-state index in [1.165, 1.54) is 41.5 Å². The molecule has 2 unspecified atom stereocenters. The van der Waals surface area contributed by atoms with E-state index in [0.717, 1.165) is 29.7 Å². The van der Waals surface area contributed by atoms with Crippen LogP contribution in [0, 0.1) is 5.92 Å². The lowest BCUT2D eigenvalue weighted by Crippen LogP contribution is -2.37. The Hall–Kier alpha value is -3.53. The summed E-state index contributed by atoms with van der Waals surface area (Å²) in [4.78, 5) is 65.1. The van der Waals surface area contributed by atoms with Gasteiger partial charge < -0.3 is 14.8 Å². The topological polar surface area (TPSA) is 119 Å². The largest absolute Gasteiger partial charge is 0.465 e. The monoisotopic (exact) mass is 512 g/mol. The second-order valence-corrected chi connectivity index (χ2v) is 10.3. The Morgan fingerprint density at radius 2 is 1.89 bits per heavy atom. The summed E-state index contributed by atoms with van der Waals surface area (Å²) in [5, 5.41) is 3.06. The summed E-state index contributed by atoms with van der Waals surface area (Å²) in [6, 6.07) is 3.88. The van der Waals surface area contributed by atoms with Gasteiger partial charge in [-0.05, 0) is 62.3 Å². The maximum atomic E-state index is 12.7. The third-order valence-electron chi connectivity index (χ3n) is 6.67. The maximum Gasteiger partial charge on any atom is 0.341 e. The summed E-state index contributed by atoms with van der Waals surface area (Å²) in [5.41, 5.74) is 1.70.